The third-order valence-electron chi connectivity index (χ3n) is 3.49. The largest absolute Gasteiger partial charge is 0.545 e. The lowest BCUT2D eigenvalue weighted by molar-refractivity contribution is -0.299. The Kier molecular flexibility index (Phi) is 4.66. The van der Waals surface area contributed by atoms with Gasteiger partial charge in [-0.3, -0.25) is 0 Å². The standard InChI is InChI=1S/C16H20O4/c1-11(16(17)18)9-12-7-8-14(19-2)15(10-12)20-13-5-3-4-6-13/h7-10,13H,3-6H2,1-2H3,(H,17,18)/p-1/b11-9+. The molecule has 0 N–H and O–H groups in total. The molecule has 2 rings (SSSR count). The van der Waals surface area contributed by atoms with E-state index in [0.717, 1.165) is 18.4 Å². The maximum Gasteiger partial charge on any atom is 0.162 e. The molecule has 0 spiro atoms. The van der Waals surface area contributed by atoms with Crippen molar-refractivity contribution < 1.29 is 19.4 Å². The van der Waals surface area contributed by atoms with E-state index >= 15 is 0 Å². The molecule has 0 atom stereocenters. The van der Waals surface area contributed by atoms with Crippen molar-refractivity contribution in [3.8, 4) is 11.5 Å². The van der Waals surface area contributed by atoms with Crippen molar-refractivity contribution in [3.63, 3.8) is 0 Å². The van der Waals surface area contributed by atoms with Crippen LogP contribution in [0.25, 0.3) is 6.08 Å². The van der Waals surface area contributed by atoms with Gasteiger partial charge in [0.1, 0.15) is 0 Å². The Morgan fingerprint density at radius 1 is 1.30 bits per heavy atom. The van der Waals surface area contributed by atoms with Gasteiger partial charge in [-0.1, -0.05) is 12.1 Å². The molecular formula is C16H19O4-. The maximum absolute atomic E-state index is 10.8. The maximum atomic E-state index is 10.8. The van der Waals surface area contributed by atoms with Crippen molar-refractivity contribution in [1.82, 2.24) is 0 Å². The molecule has 1 aromatic rings. The first kappa shape index (κ1) is 14.4. The molecule has 0 amide bonds. The molecule has 0 saturated heterocycles. The Bertz CT molecular complexity index is 513. The van der Waals surface area contributed by atoms with E-state index in [1.54, 1.807) is 25.3 Å². The molecule has 108 valence electrons. The minimum Gasteiger partial charge on any atom is -0.545 e. The van der Waals surface area contributed by atoms with Crippen LogP contribution in [0.4, 0.5) is 0 Å². The number of aliphatic carboxylic acids is 1. The molecule has 0 aliphatic heterocycles. The van der Waals surface area contributed by atoms with E-state index in [4.69, 9.17) is 9.47 Å². The van der Waals surface area contributed by atoms with Gasteiger partial charge in [-0.25, -0.2) is 0 Å². The molecule has 1 aliphatic rings. The Hall–Kier alpha value is -1.97. The van der Waals surface area contributed by atoms with Gasteiger partial charge < -0.3 is 19.4 Å². The molecule has 0 radical (unpaired) electrons. The lowest BCUT2D eigenvalue weighted by Crippen LogP contribution is -2.22. The van der Waals surface area contributed by atoms with E-state index < -0.39 is 5.97 Å². The van der Waals surface area contributed by atoms with Crippen LogP contribution in [0.3, 0.4) is 0 Å². The molecule has 0 bridgehead atoms. The van der Waals surface area contributed by atoms with E-state index in [2.05, 4.69) is 0 Å². The van der Waals surface area contributed by atoms with Gasteiger partial charge in [0.25, 0.3) is 0 Å². The molecule has 0 unspecified atom stereocenters. The number of carboxylic acids is 1. The van der Waals surface area contributed by atoms with Crippen molar-refractivity contribution in [2.75, 3.05) is 7.11 Å². The van der Waals surface area contributed by atoms with Crippen LogP contribution in [0.5, 0.6) is 11.5 Å². The average molecular weight is 275 g/mol. The number of carbonyl (C=O) groups excluding carboxylic acids is 1. The van der Waals surface area contributed by atoms with Crippen LogP contribution < -0.4 is 14.6 Å². The van der Waals surface area contributed by atoms with Gasteiger partial charge >= 0.3 is 0 Å². The van der Waals surface area contributed by atoms with Crippen molar-refractivity contribution >= 4 is 12.0 Å². The predicted molar refractivity (Wildman–Crippen MR) is 74.5 cm³/mol. The van der Waals surface area contributed by atoms with Gasteiger partial charge in [0.2, 0.25) is 0 Å². The summed E-state index contributed by atoms with van der Waals surface area (Å²) in [6.07, 6.45) is 6.29. The molecule has 1 fully saturated rings. The average Bonchev–Trinajstić information content (AvgIpc) is 2.92. The van der Waals surface area contributed by atoms with Crippen molar-refractivity contribution in [1.29, 1.82) is 0 Å². The molecule has 1 aromatic carbocycles. The second-order valence-corrected chi connectivity index (χ2v) is 5.05. The van der Waals surface area contributed by atoms with Gasteiger partial charge in [-0.2, -0.15) is 0 Å². The fraction of sp³-hybridized carbons (Fsp3) is 0.438. The summed E-state index contributed by atoms with van der Waals surface area (Å²) in [6.45, 7) is 1.51. The van der Waals surface area contributed by atoms with E-state index in [-0.39, 0.29) is 11.7 Å². The molecule has 20 heavy (non-hydrogen) atoms. The second-order valence-electron chi connectivity index (χ2n) is 5.05. The number of hydrogen-bond donors (Lipinski definition) is 0. The number of carboxylic acid groups (broad SMARTS) is 1. The molecule has 4 heteroatoms. The fourth-order valence-corrected chi connectivity index (χ4v) is 2.37. The second kappa shape index (κ2) is 6.46. The van der Waals surface area contributed by atoms with Crippen molar-refractivity contribution in [2.24, 2.45) is 0 Å². The van der Waals surface area contributed by atoms with Crippen molar-refractivity contribution in [2.45, 2.75) is 38.7 Å². The fourth-order valence-electron chi connectivity index (χ4n) is 2.37. The highest BCUT2D eigenvalue weighted by Gasteiger charge is 2.18. The molecule has 0 aromatic heterocycles. The van der Waals surface area contributed by atoms with E-state index in [9.17, 15) is 9.90 Å². The number of hydrogen-bond acceptors (Lipinski definition) is 4. The van der Waals surface area contributed by atoms with Gasteiger partial charge in [0.15, 0.2) is 11.5 Å². The lowest BCUT2D eigenvalue weighted by Gasteiger charge is -2.16. The van der Waals surface area contributed by atoms with E-state index in [1.807, 2.05) is 6.07 Å². The highest BCUT2D eigenvalue weighted by molar-refractivity contribution is 5.89. The Labute approximate surface area is 119 Å². The minimum atomic E-state index is -1.17. The monoisotopic (exact) mass is 275 g/mol. The zero-order chi connectivity index (χ0) is 14.5. The highest BCUT2D eigenvalue weighted by Crippen LogP contribution is 2.32. The minimum absolute atomic E-state index is 0.182. The van der Waals surface area contributed by atoms with Gasteiger partial charge in [0, 0.05) is 0 Å². The van der Waals surface area contributed by atoms with Crippen LogP contribution in [0.2, 0.25) is 0 Å². The SMILES string of the molecule is COc1ccc(/C=C(\C)C(=O)[O-])cc1OC1CCCC1. The quantitative estimate of drug-likeness (QED) is 0.773. The predicted octanol–water partition coefficient (Wildman–Crippen LogP) is 2.17. The topological polar surface area (TPSA) is 58.6 Å². The molecule has 0 heterocycles. The summed E-state index contributed by atoms with van der Waals surface area (Å²) < 4.78 is 11.3. The number of rotatable bonds is 5. The Morgan fingerprint density at radius 2 is 2.00 bits per heavy atom. The molecule has 4 nitrogen and oxygen atoms in total. The van der Waals surface area contributed by atoms with Crippen LogP contribution in [0.15, 0.2) is 23.8 Å². The zero-order valence-corrected chi connectivity index (χ0v) is 11.8. The molecule has 1 aliphatic carbocycles. The van der Waals surface area contributed by atoms with Gasteiger partial charge in [0.05, 0.1) is 19.2 Å². The summed E-state index contributed by atoms with van der Waals surface area (Å²) in [4.78, 5) is 10.8. The van der Waals surface area contributed by atoms with Crippen molar-refractivity contribution in [3.05, 3.63) is 29.3 Å². The number of ether oxygens (including phenoxy) is 2. The summed E-state index contributed by atoms with van der Waals surface area (Å²) in [5.41, 5.74) is 0.947. The lowest BCUT2D eigenvalue weighted by atomic mass is 10.1. The van der Waals surface area contributed by atoms with Crippen LogP contribution in [0, 0.1) is 0 Å². The summed E-state index contributed by atoms with van der Waals surface area (Å²) >= 11 is 0. The third kappa shape index (κ3) is 3.53. The van der Waals surface area contributed by atoms with Crippen LogP contribution in [-0.4, -0.2) is 19.2 Å². The first-order valence-electron chi connectivity index (χ1n) is 6.84. The first-order chi connectivity index (χ1) is 9.60. The Balaban J connectivity index is 2.23. The number of carbonyl (C=O) groups is 1. The van der Waals surface area contributed by atoms with Gasteiger partial charge in [-0.15, -0.1) is 0 Å². The Morgan fingerprint density at radius 3 is 2.60 bits per heavy atom. The first-order valence-corrected chi connectivity index (χ1v) is 6.84. The smallest absolute Gasteiger partial charge is 0.162 e. The zero-order valence-electron chi connectivity index (χ0n) is 11.8. The molecule has 1 saturated carbocycles. The summed E-state index contributed by atoms with van der Waals surface area (Å²) in [5.74, 6) is 0.165. The third-order valence-corrected chi connectivity index (χ3v) is 3.49. The van der Waals surface area contributed by atoms with E-state index in [1.165, 1.54) is 19.8 Å². The van der Waals surface area contributed by atoms with Gasteiger partial charge in [-0.05, 0) is 55.9 Å². The van der Waals surface area contributed by atoms with Crippen LogP contribution in [0.1, 0.15) is 38.2 Å². The van der Waals surface area contributed by atoms with E-state index in [0.29, 0.717) is 11.5 Å². The summed E-state index contributed by atoms with van der Waals surface area (Å²) in [6, 6.07) is 5.40. The normalized spacial score (nSPS) is 16.2. The summed E-state index contributed by atoms with van der Waals surface area (Å²) in [7, 11) is 1.60. The van der Waals surface area contributed by atoms with Crippen LogP contribution >= 0.6 is 0 Å². The highest BCUT2D eigenvalue weighted by atomic mass is 16.5. The number of methoxy groups -OCH3 is 1. The number of benzene rings is 1. The summed E-state index contributed by atoms with van der Waals surface area (Å²) in [5, 5.41) is 10.8. The molecular weight excluding hydrogens is 256 g/mol. The van der Waals surface area contributed by atoms with Crippen LogP contribution in [-0.2, 0) is 4.79 Å².